The van der Waals surface area contributed by atoms with E-state index in [9.17, 15) is 13.2 Å². The van der Waals surface area contributed by atoms with Crippen LogP contribution in [0.1, 0.15) is 12.5 Å². The second-order valence-corrected chi connectivity index (χ2v) is 5.90. The fraction of sp³-hybridized carbons (Fsp3) is 0.231. The maximum atomic E-state index is 11.7. The van der Waals surface area contributed by atoms with Gasteiger partial charge in [-0.1, -0.05) is 19.1 Å². The van der Waals surface area contributed by atoms with Crippen LogP contribution in [-0.4, -0.2) is 19.5 Å². The summed E-state index contributed by atoms with van der Waals surface area (Å²) < 4.78 is 23.4. The average molecular weight is 279 g/mol. The lowest BCUT2D eigenvalue weighted by Gasteiger charge is -2.06. The van der Waals surface area contributed by atoms with Gasteiger partial charge in [-0.05, 0) is 24.1 Å². The number of nitriles is 1. The van der Waals surface area contributed by atoms with Crippen molar-refractivity contribution in [3.8, 4) is 6.07 Å². The summed E-state index contributed by atoms with van der Waals surface area (Å²) in [6.45, 7) is 1.59. The van der Waals surface area contributed by atoms with Crippen molar-refractivity contribution in [2.75, 3.05) is 0 Å². The van der Waals surface area contributed by atoms with E-state index in [-0.39, 0.29) is 4.90 Å². The molecule has 1 rings (SSSR count). The van der Waals surface area contributed by atoms with Gasteiger partial charge in [0.25, 0.3) is 0 Å². The molecule has 0 aliphatic rings. The Morgan fingerprint density at radius 3 is 2.47 bits per heavy atom. The van der Waals surface area contributed by atoms with Gasteiger partial charge in [0.1, 0.15) is 0 Å². The van der Waals surface area contributed by atoms with Gasteiger partial charge in [0.2, 0.25) is 9.84 Å². The molecule has 1 aromatic rings. The second-order valence-electron chi connectivity index (χ2n) is 4.06. The van der Waals surface area contributed by atoms with E-state index in [1.54, 1.807) is 25.1 Å². The molecule has 0 amide bonds. The molecule has 0 heterocycles. The minimum Gasteiger partial charge on any atom is -0.481 e. The van der Waals surface area contributed by atoms with Gasteiger partial charge in [-0.3, -0.25) is 4.79 Å². The van der Waals surface area contributed by atoms with Crippen molar-refractivity contribution in [1.29, 1.82) is 5.26 Å². The van der Waals surface area contributed by atoms with Crippen LogP contribution in [0.5, 0.6) is 0 Å². The van der Waals surface area contributed by atoms with Gasteiger partial charge < -0.3 is 5.11 Å². The van der Waals surface area contributed by atoms with Crippen LogP contribution >= 0.6 is 0 Å². The predicted octanol–water partition coefficient (Wildman–Crippen LogP) is 1.76. The van der Waals surface area contributed by atoms with Crippen LogP contribution in [0.4, 0.5) is 0 Å². The Morgan fingerprint density at radius 2 is 2.00 bits per heavy atom. The molecule has 0 fully saturated rings. The molecule has 1 unspecified atom stereocenters. The summed E-state index contributed by atoms with van der Waals surface area (Å²) in [5.41, 5.74) is 0.748. The molecule has 19 heavy (non-hydrogen) atoms. The third-order valence-electron chi connectivity index (χ3n) is 2.54. The maximum Gasteiger partial charge on any atom is 0.306 e. The van der Waals surface area contributed by atoms with Crippen LogP contribution in [-0.2, 0) is 21.1 Å². The molecule has 0 bridgehead atoms. The van der Waals surface area contributed by atoms with Gasteiger partial charge in [0, 0.05) is 11.5 Å². The van der Waals surface area contributed by atoms with Crippen molar-refractivity contribution in [3.05, 3.63) is 41.3 Å². The molecule has 1 N–H and O–H groups in total. The quantitative estimate of drug-likeness (QED) is 0.828. The molecule has 1 aromatic carbocycles. The van der Waals surface area contributed by atoms with Gasteiger partial charge in [0.15, 0.2) is 0 Å². The molecule has 0 radical (unpaired) electrons. The number of allylic oxidation sites excluding steroid dienone is 1. The van der Waals surface area contributed by atoms with Crippen molar-refractivity contribution < 1.29 is 18.3 Å². The fourth-order valence-electron chi connectivity index (χ4n) is 1.45. The Morgan fingerprint density at radius 1 is 1.42 bits per heavy atom. The number of rotatable bonds is 5. The first-order chi connectivity index (χ1) is 8.86. The van der Waals surface area contributed by atoms with Crippen molar-refractivity contribution >= 4 is 15.8 Å². The van der Waals surface area contributed by atoms with E-state index in [0.717, 1.165) is 17.0 Å². The highest BCUT2D eigenvalue weighted by molar-refractivity contribution is 7.94. The Hall–Kier alpha value is -2.13. The van der Waals surface area contributed by atoms with Crippen molar-refractivity contribution in [1.82, 2.24) is 0 Å². The summed E-state index contributed by atoms with van der Waals surface area (Å²) in [5.74, 6) is -1.42. The number of hydrogen-bond acceptors (Lipinski definition) is 4. The molecule has 100 valence electrons. The zero-order valence-corrected chi connectivity index (χ0v) is 11.1. The highest BCUT2D eigenvalue weighted by atomic mass is 32.2. The molecule has 0 spiro atoms. The number of carbonyl (C=O) groups is 1. The second kappa shape index (κ2) is 6.16. The van der Waals surface area contributed by atoms with Crippen molar-refractivity contribution in [3.63, 3.8) is 0 Å². The zero-order valence-electron chi connectivity index (χ0n) is 10.3. The molecular formula is C13H13NO4S. The fourth-order valence-corrected chi connectivity index (χ4v) is 2.37. The number of hydrogen-bond donors (Lipinski definition) is 1. The van der Waals surface area contributed by atoms with Crippen molar-refractivity contribution in [2.24, 2.45) is 5.92 Å². The molecule has 0 aliphatic carbocycles. The largest absolute Gasteiger partial charge is 0.481 e. The summed E-state index contributed by atoms with van der Waals surface area (Å²) in [4.78, 5) is 10.8. The van der Waals surface area contributed by atoms with Crippen LogP contribution in [0, 0.1) is 17.2 Å². The van der Waals surface area contributed by atoms with Crippen LogP contribution in [0.3, 0.4) is 0 Å². The molecule has 0 aromatic heterocycles. The van der Waals surface area contributed by atoms with Crippen molar-refractivity contribution in [2.45, 2.75) is 18.2 Å². The van der Waals surface area contributed by atoms with Gasteiger partial charge in [-0.2, -0.15) is 5.26 Å². The minimum absolute atomic E-state index is 0.0747. The first kappa shape index (κ1) is 14.9. The molecule has 1 atom stereocenters. The zero-order chi connectivity index (χ0) is 14.5. The smallest absolute Gasteiger partial charge is 0.306 e. The van der Waals surface area contributed by atoms with Crippen LogP contribution < -0.4 is 0 Å². The predicted molar refractivity (Wildman–Crippen MR) is 68.9 cm³/mol. The van der Waals surface area contributed by atoms with E-state index >= 15 is 0 Å². The third-order valence-corrected chi connectivity index (χ3v) is 3.96. The van der Waals surface area contributed by atoms with Gasteiger partial charge in [-0.25, -0.2) is 8.42 Å². The summed E-state index contributed by atoms with van der Waals surface area (Å²) in [5, 5.41) is 17.9. The van der Waals surface area contributed by atoms with E-state index in [1.807, 2.05) is 0 Å². The van der Waals surface area contributed by atoms with E-state index in [4.69, 9.17) is 10.4 Å². The summed E-state index contributed by atoms with van der Waals surface area (Å²) in [7, 11) is -3.60. The number of sulfone groups is 1. The molecule has 0 aliphatic heterocycles. The highest BCUT2D eigenvalue weighted by Crippen LogP contribution is 2.15. The van der Waals surface area contributed by atoms with Gasteiger partial charge in [-0.15, -0.1) is 0 Å². The highest BCUT2D eigenvalue weighted by Gasteiger charge is 2.13. The summed E-state index contributed by atoms with van der Waals surface area (Å²) >= 11 is 0. The molecule has 0 saturated heterocycles. The van der Waals surface area contributed by atoms with E-state index in [1.165, 1.54) is 12.1 Å². The molecule has 6 heteroatoms. The Kier molecular flexibility index (Phi) is 4.84. The summed E-state index contributed by atoms with van der Waals surface area (Å²) in [6.07, 6.45) is 1.24. The van der Waals surface area contributed by atoms with E-state index in [2.05, 4.69) is 0 Å². The third kappa shape index (κ3) is 4.23. The summed E-state index contributed by atoms with van der Waals surface area (Å²) in [6, 6.07) is 7.58. The lowest BCUT2D eigenvalue weighted by Crippen LogP contribution is -2.12. The average Bonchev–Trinajstić information content (AvgIpc) is 2.37. The number of aliphatic carboxylic acids is 1. The number of carboxylic acids is 1. The molecular weight excluding hydrogens is 266 g/mol. The minimum atomic E-state index is -3.60. The lowest BCUT2D eigenvalue weighted by molar-refractivity contribution is -0.141. The molecule has 5 nitrogen and oxygen atoms in total. The SMILES string of the molecule is CC(Cc1ccc(S(=O)(=O)/C=C/C#N)cc1)C(=O)O. The standard InChI is InChI=1S/C13H13NO4S/c1-10(13(15)16)9-11-3-5-12(6-4-11)19(17,18)8-2-7-14/h2-6,8,10H,9H2,1H3,(H,15,16)/b8-2+. The van der Waals surface area contributed by atoms with E-state index < -0.39 is 21.7 Å². The van der Waals surface area contributed by atoms with E-state index in [0.29, 0.717) is 6.42 Å². The van der Waals surface area contributed by atoms with Crippen LogP contribution in [0.25, 0.3) is 0 Å². The Labute approximate surface area is 111 Å². The lowest BCUT2D eigenvalue weighted by atomic mass is 10.0. The van der Waals surface area contributed by atoms with Gasteiger partial charge in [0.05, 0.1) is 16.9 Å². The topological polar surface area (TPSA) is 95.2 Å². The Bertz CT molecular complexity index is 624. The monoisotopic (exact) mass is 279 g/mol. The normalized spacial score (nSPS) is 13.1. The number of nitrogens with zero attached hydrogens (tertiary/aromatic N) is 1. The van der Waals surface area contributed by atoms with Crippen LogP contribution in [0.15, 0.2) is 40.6 Å². The number of carboxylic acid groups (broad SMARTS) is 1. The first-order valence-electron chi connectivity index (χ1n) is 5.50. The maximum absolute atomic E-state index is 11.7. The molecule has 0 saturated carbocycles. The van der Waals surface area contributed by atoms with Crippen LogP contribution in [0.2, 0.25) is 0 Å². The Balaban J connectivity index is 2.92. The van der Waals surface area contributed by atoms with Gasteiger partial charge >= 0.3 is 5.97 Å². The first-order valence-corrected chi connectivity index (χ1v) is 7.04. The number of benzene rings is 1.